The Kier molecular flexibility index (Phi) is 2.90. The topological polar surface area (TPSA) is 51.7 Å². The summed E-state index contributed by atoms with van der Waals surface area (Å²) in [5.74, 6) is 0. The maximum Gasteiger partial charge on any atom is 0.0481 e. The summed E-state index contributed by atoms with van der Waals surface area (Å²) in [5.41, 5.74) is 5.01. The van der Waals surface area contributed by atoms with E-state index < -0.39 is 0 Å². The van der Waals surface area contributed by atoms with E-state index in [9.17, 15) is 0 Å². The first-order valence-electron chi connectivity index (χ1n) is 7.23. The van der Waals surface area contributed by atoms with Gasteiger partial charge in [0.15, 0.2) is 0 Å². The number of benzene rings is 3. The molecule has 1 aromatic heterocycles. The molecule has 4 rings (SSSR count). The lowest BCUT2D eigenvalue weighted by Crippen LogP contribution is -1.95. The third-order valence-corrected chi connectivity index (χ3v) is 3.91. The molecular weight excluding hydrogens is 270 g/mol. The van der Waals surface area contributed by atoms with Crippen LogP contribution in [-0.4, -0.2) is 11.2 Å². The Morgan fingerprint density at radius 1 is 0.818 bits per heavy atom. The molecule has 0 aliphatic rings. The second-order valence-electron chi connectivity index (χ2n) is 5.26. The third-order valence-electron chi connectivity index (χ3n) is 3.91. The van der Waals surface area contributed by atoms with Crippen LogP contribution in [0, 0.1) is 5.41 Å². The molecule has 3 heteroatoms. The van der Waals surface area contributed by atoms with E-state index in [1.165, 1.54) is 6.21 Å². The van der Waals surface area contributed by atoms with E-state index in [2.05, 4.69) is 28.5 Å². The molecule has 4 aromatic rings. The Labute approximate surface area is 128 Å². The molecule has 3 aromatic carbocycles. The van der Waals surface area contributed by atoms with E-state index in [4.69, 9.17) is 5.41 Å². The van der Waals surface area contributed by atoms with E-state index in [-0.39, 0.29) is 0 Å². The van der Waals surface area contributed by atoms with Crippen molar-refractivity contribution in [1.29, 1.82) is 5.41 Å². The van der Waals surface area contributed by atoms with E-state index in [0.717, 1.165) is 38.7 Å². The van der Waals surface area contributed by atoms with E-state index in [1.807, 2.05) is 48.5 Å². The number of anilines is 2. The molecule has 0 aliphatic carbocycles. The smallest absolute Gasteiger partial charge is 0.0481 e. The normalized spacial score (nSPS) is 10.9. The number of fused-ring (bicyclic) bond motifs is 3. The average Bonchev–Trinajstić information content (AvgIpc) is 2.94. The number of aromatic amines is 1. The number of para-hydroxylation sites is 2. The highest BCUT2D eigenvalue weighted by molar-refractivity contribution is 6.17. The highest BCUT2D eigenvalue weighted by Gasteiger charge is 2.11. The SMILES string of the molecule is N=Cc1c(Nc2ccccc2)ccc2[nH]c3ccccc3c12. The first kappa shape index (κ1) is 12.7. The van der Waals surface area contributed by atoms with Crippen molar-refractivity contribution in [3.8, 4) is 0 Å². The lowest BCUT2D eigenvalue weighted by Gasteiger charge is -2.10. The highest BCUT2D eigenvalue weighted by atomic mass is 14.9. The van der Waals surface area contributed by atoms with Crippen LogP contribution in [0.5, 0.6) is 0 Å². The second-order valence-corrected chi connectivity index (χ2v) is 5.26. The van der Waals surface area contributed by atoms with Crippen molar-refractivity contribution in [2.45, 2.75) is 0 Å². The molecule has 0 saturated heterocycles. The van der Waals surface area contributed by atoms with Crippen LogP contribution in [0.25, 0.3) is 21.8 Å². The van der Waals surface area contributed by atoms with Crippen LogP contribution in [0.15, 0.2) is 66.7 Å². The fraction of sp³-hybridized carbons (Fsp3) is 0. The summed E-state index contributed by atoms with van der Waals surface area (Å²) in [6.45, 7) is 0. The number of hydrogen-bond donors (Lipinski definition) is 3. The number of rotatable bonds is 3. The van der Waals surface area contributed by atoms with E-state index >= 15 is 0 Å². The van der Waals surface area contributed by atoms with Crippen LogP contribution in [0.4, 0.5) is 11.4 Å². The first-order valence-corrected chi connectivity index (χ1v) is 7.23. The van der Waals surface area contributed by atoms with Crippen molar-refractivity contribution < 1.29 is 0 Å². The summed E-state index contributed by atoms with van der Waals surface area (Å²) in [4.78, 5) is 3.41. The zero-order chi connectivity index (χ0) is 14.9. The summed E-state index contributed by atoms with van der Waals surface area (Å²) in [5, 5.41) is 13.5. The monoisotopic (exact) mass is 285 g/mol. The Balaban J connectivity index is 1.96. The molecule has 0 amide bonds. The van der Waals surface area contributed by atoms with Crippen molar-refractivity contribution in [2.24, 2.45) is 0 Å². The van der Waals surface area contributed by atoms with Crippen LogP contribution in [0.1, 0.15) is 5.56 Å². The molecule has 0 bridgehead atoms. The summed E-state index contributed by atoms with van der Waals surface area (Å²) >= 11 is 0. The van der Waals surface area contributed by atoms with Crippen molar-refractivity contribution in [1.82, 2.24) is 4.98 Å². The van der Waals surface area contributed by atoms with Crippen LogP contribution in [-0.2, 0) is 0 Å². The Bertz CT molecular complexity index is 968. The minimum Gasteiger partial charge on any atom is -0.355 e. The Hall–Kier alpha value is -3.07. The van der Waals surface area contributed by atoms with Gasteiger partial charge in [0.25, 0.3) is 0 Å². The lowest BCUT2D eigenvalue weighted by molar-refractivity contribution is 1.51. The molecule has 3 N–H and O–H groups in total. The van der Waals surface area contributed by atoms with Crippen LogP contribution >= 0.6 is 0 Å². The number of nitrogens with one attached hydrogen (secondary N) is 3. The zero-order valence-corrected chi connectivity index (χ0v) is 11.9. The molecular formula is C19H15N3. The van der Waals surface area contributed by atoms with E-state index in [0.29, 0.717) is 0 Å². The molecule has 0 radical (unpaired) electrons. The third kappa shape index (κ3) is 1.95. The maximum absolute atomic E-state index is 7.87. The molecule has 0 spiro atoms. The van der Waals surface area contributed by atoms with Gasteiger partial charge in [-0.3, -0.25) is 0 Å². The van der Waals surface area contributed by atoms with Crippen molar-refractivity contribution in [3.05, 3.63) is 72.3 Å². The fourth-order valence-electron chi connectivity index (χ4n) is 2.90. The van der Waals surface area contributed by atoms with Gasteiger partial charge in [-0.25, -0.2) is 0 Å². The van der Waals surface area contributed by atoms with Crippen LogP contribution < -0.4 is 5.32 Å². The molecule has 106 valence electrons. The van der Waals surface area contributed by atoms with Crippen molar-refractivity contribution in [3.63, 3.8) is 0 Å². The zero-order valence-electron chi connectivity index (χ0n) is 11.9. The second kappa shape index (κ2) is 5.04. The molecule has 0 saturated carbocycles. The Morgan fingerprint density at radius 3 is 2.41 bits per heavy atom. The molecule has 0 fully saturated rings. The van der Waals surface area contributed by atoms with Gasteiger partial charge in [-0.2, -0.15) is 0 Å². The molecule has 0 unspecified atom stereocenters. The minimum absolute atomic E-state index is 0.902. The van der Waals surface area contributed by atoms with Gasteiger partial charge in [0.1, 0.15) is 0 Å². The molecule has 3 nitrogen and oxygen atoms in total. The maximum atomic E-state index is 7.87. The van der Waals surface area contributed by atoms with Crippen LogP contribution in [0.2, 0.25) is 0 Å². The number of H-pyrrole nitrogens is 1. The van der Waals surface area contributed by atoms with Crippen molar-refractivity contribution >= 4 is 39.4 Å². The summed E-state index contributed by atoms with van der Waals surface area (Å²) in [7, 11) is 0. The van der Waals surface area contributed by atoms with Gasteiger partial charge in [-0.15, -0.1) is 0 Å². The molecule has 1 heterocycles. The van der Waals surface area contributed by atoms with Crippen molar-refractivity contribution in [2.75, 3.05) is 5.32 Å². The predicted octanol–water partition coefficient (Wildman–Crippen LogP) is 5.06. The summed E-state index contributed by atoms with van der Waals surface area (Å²) in [6.07, 6.45) is 1.42. The lowest BCUT2D eigenvalue weighted by atomic mass is 10.0. The Morgan fingerprint density at radius 2 is 1.59 bits per heavy atom. The molecule has 22 heavy (non-hydrogen) atoms. The first-order chi connectivity index (χ1) is 10.9. The quantitative estimate of drug-likeness (QED) is 0.453. The van der Waals surface area contributed by atoms with Gasteiger partial charge in [-0.05, 0) is 30.3 Å². The summed E-state index contributed by atoms with van der Waals surface area (Å²) < 4.78 is 0. The van der Waals surface area contributed by atoms with Gasteiger partial charge in [0.2, 0.25) is 0 Å². The number of aromatic nitrogens is 1. The predicted molar refractivity (Wildman–Crippen MR) is 93.4 cm³/mol. The van der Waals surface area contributed by atoms with Crippen LogP contribution in [0.3, 0.4) is 0 Å². The van der Waals surface area contributed by atoms with Gasteiger partial charge in [0, 0.05) is 45.0 Å². The van der Waals surface area contributed by atoms with E-state index in [1.54, 1.807) is 0 Å². The van der Waals surface area contributed by atoms with Gasteiger partial charge in [-0.1, -0.05) is 36.4 Å². The molecule has 0 atom stereocenters. The van der Waals surface area contributed by atoms with Gasteiger partial charge < -0.3 is 15.7 Å². The minimum atomic E-state index is 0.902. The average molecular weight is 285 g/mol. The highest BCUT2D eigenvalue weighted by Crippen LogP contribution is 2.32. The largest absolute Gasteiger partial charge is 0.355 e. The number of hydrogen-bond acceptors (Lipinski definition) is 2. The van der Waals surface area contributed by atoms with Gasteiger partial charge in [0.05, 0.1) is 0 Å². The summed E-state index contributed by atoms with van der Waals surface area (Å²) in [6, 6.07) is 22.3. The molecule has 0 aliphatic heterocycles. The standard InChI is InChI=1S/C19H15N3/c20-12-15-17(21-13-6-2-1-3-7-13)10-11-18-19(15)14-8-4-5-9-16(14)22-18/h1-12,20-22H. The fourth-order valence-corrected chi connectivity index (χ4v) is 2.90. The van der Waals surface area contributed by atoms with Gasteiger partial charge >= 0.3 is 0 Å².